The third-order valence-corrected chi connectivity index (χ3v) is 1.94. The number of aromatic carboxylic acids is 1. The van der Waals surface area contributed by atoms with Crippen molar-refractivity contribution in [3.63, 3.8) is 0 Å². The topological polar surface area (TPSA) is 78.9 Å². The molecule has 2 aromatic heterocycles. The summed E-state index contributed by atoms with van der Waals surface area (Å²) in [6.45, 7) is 1.64. The number of hydrogen-bond acceptors (Lipinski definition) is 3. The van der Waals surface area contributed by atoms with Gasteiger partial charge in [0.05, 0.1) is 5.39 Å². The maximum Gasteiger partial charge on any atom is 0.339 e. The molecule has 0 atom stereocenters. The number of carboxylic acids is 1. The number of nitrogens with one attached hydrogen (secondary N) is 1. The largest absolute Gasteiger partial charge is 0.478 e. The molecule has 0 bridgehead atoms. The molecule has 0 aliphatic rings. The van der Waals surface area contributed by atoms with Gasteiger partial charge < -0.3 is 10.1 Å². The number of nitrogens with zero attached hydrogens (tertiary/aromatic N) is 2. The molecule has 0 aliphatic carbocycles. The molecule has 5 heteroatoms. The first-order chi connectivity index (χ1) is 7.24. The molecule has 2 heterocycles. The van der Waals surface area contributed by atoms with Gasteiger partial charge in [0.1, 0.15) is 23.2 Å². The molecule has 2 aromatic rings. The summed E-state index contributed by atoms with van der Waals surface area (Å²) in [5.74, 6) is 4.31. The van der Waals surface area contributed by atoms with E-state index in [2.05, 4.69) is 26.8 Å². The second kappa shape index (κ2) is 3.42. The molecular weight excluding hydrogens is 194 g/mol. The zero-order valence-electron chi connectivity index (χ0n) is 7.90. The standard InChI is InChI=1S/C10H7N3O2/c1-2-3-7-8(10(14)15)6-4-11-5-12-9(6)13-7/h4-5H,1H3,(H,14,15)(H,11,12,13). The van der Waals surface area contributed by atoms with Crippen LogP contribution in [0.15, 0.2) is 12.5 Å². The summed E-state index contributed by atoms with van der Waals surface area (Å²) >= 11 is 0. The van der Waals surface area contributed by atoms with Gasteiger partial charge in [-0.25, -0.2) is 14.8 Å². The zero-order chi connectivity index (χ0) is 10.8. The Hall–Kier alpha value is -2.35. The lowest BCUT2D eigenvalue weighted by Gasteiger charge is -1.90. The van der Waals surface area contributed by atoms with Gasteiger partial charge in [-0.05, 0) is 12.8 Å². The molecular formula is C10H7N3O2. The van der Waals surface area contributed by atoms with Gasteiger partial charge in [0.25, 0.3) is 0 Å². The van der Waals surface area contributed by atoms with Gasteiger partial charge in [0.2, 0.25) is 0 Å². The van der Waals surface area contributed by atoms with E-state index in [-0.39, 0.29) is 5.56 Å². The fourth-order valence-corrected chi connectivity index (χ4v) is 1.37. The Morgan fingerprint density at radius 3 is 3.07 bits per heavy atom. The molecule has 2 rings (SSSR count). The normalized spacial score (nSPS) is 9.67. The summed E-state index contributed by atoms with van der Waals surface area (Å²) in [6.07, 6.45) is 2.82. The summed E-state index contributed by atoms with van der Waals surface area (Å²) in [5.41, 5.74) is 0.973. The van der Waals surface area contributed by atoms with Gasteiger partial charge in [-0.1, -0.05) is 5.92 Å². The third kappa shape index (κ3) is 1.42. The fraction of sp³-hybridized carbons (Fsp3) is 0.100. The molecule has 0 fully saturated rings. The van der Waals surface area contributed by atoms with Crippen LogP contribution in [0.3, 0.4) is 0 Å². The van der Waals surface area contributed by atoms with Crippen molar-refractivity contribution >= 4 is 17.0 Å². The van der Waals surface area contributed by atoms with Crippen molar-refractivity contribution in [1.82, 2.24) is 15.0 Å². The number of carbonyl (C=O) groups is 1. The lowest BCUT2D eigenvalue weighted by Crippen LogP contribution is -1.97. The molecule has 0 amide bonds. The smallest absolute Gasteiger partial charge is 0.339 e. The average Bonchev–Trinajstić information content (AvgIpc) is 2.56. The molecule has 15 heavy (non-hydrogen) atoms. The van der Waals surface area contributed by atoms with Crippen molar-refractivity contribution in [2.45, 2.75) is 6.92 Å². The Labute approximate surface area is 85.2 Å². The number of hydrogen-bond donors (Lipinski definition) is 2. The van der Waals surface area contributed by atoms with Crippen molar-refractivity contribution in [3.05, 3.63) is 23.8 Å². The highest BCUT2D eigenvalue weighted by Crippen LogP contribution is 2.18. The predicted octanol–water partition coefficient (Wildman–Crippen LogP) is 1.03. The monoisotopic (exact) mass is 201 g/mol. The van der Waals surface area contributed by atoms with E-state index in [4.69, 9.17) is 5.11 Å². The van der Waals surface area contributed by atoms with Crippen LogP contribution in [0.5, 0.6) is 0 Å². The van der Waals surface area contributed by atoms with Crippen LogP contribution in [-0.4, -0.2) is 26.0 Å². The minimum atomic E-state index is -1.03. The molecule has 0 saturated carbocycles. The first kappa shape index (κ1) is 9.21. The van der Waals surface area contributed by atoms with Crippen molar-refractivity contribution in [1.29, 1.82) is 0 Å². The van der Waals surface area contributed by atoms with Crippen molar-refractivity contribution in [2.75, 3.05) is 0 Å². The van der Waals surface area contributed by atoms with E-state index in [9.17, 15) is 4.79 Å². The highest BCUT2D eigenvalue weighted by molar-refractivity contribution is 6.04. The van der Waals surface area contributed by atoms with Gasteiger partial charge in [-0.3, -0.25) is 0 Å². The lowest BCUT2D eigenvalue weighted by molar-refractivity contribution is 0.0699. The molecule has 0 aromatic carbocycles. The fourth-order valence-electron chi connectivity index (χ4n) is 1.37. The first-order valence-corrected chi connectivity index (χ1v) is 4.21. The molecule has 0 radical (unpaired) electrons. The summed E-state index contributed by atoms with van der Waals surface area (Å²) < 4.78 is 0. The molecule has 5 nitrogen and oxygen atoms in total. The van der Waals surface area contributed by atoms with Crippen LogP contribution in [0.4, 0.5) is 0 Å². The van der Waals surface area contributed by atoms with Gasteiger partial charge in [-0.2, -0.15) is 0 Å². The van der Waals surface area contributed by atoms with Gasteiger partial charge in [-0.15, -0.1) is 0 Å². The molecule has 0 spiro atoms. The second-order valence-corrected chi connectivity index (χ2v) is 2.84. The van der Waals surface area contributed by atoms with Crippen LogP contribution in [0, 0.1) is 11.8 Å². The number of fused-ring (bicyclic) bond motifs is 1. The van der Waals surface area contributed by atoms with Crippen molar-refractivity contribution in [2.24, 2.45) is 0 Å². The van der Waals surface area contributed by atoms with E-state index in [0.717, 1.165) is 0 Å². The minimum absolute atomic E-state index is 0.125. The Bertz CT molecular complexity index is 589. The lowest BCUT2D eigenvalue weighted by atomic mass is 10.2. The van der Waals surface area contributed by atoms with E-state index in [0.29, 0.717) is 16.7 Å². The first-order valence-electron chi connectivity index (χ1n) is 4.21. The van der Waals surface area contributed by atoms with E-state index < -0.39 is 5.97 Å². The second-order valence-electron chi connectivity index (χ2n) is 2.84. The predicted molar refractivity (Wildman–Crippen MR) is 53.4 cm³/mol. The maximum atomic E-state index is 11.0. The molecule has 0 unspecified atom stereocenters. The number of aromatic nitrogens is 3. The summed E-state index contributed by atoms with van der Waals surface area (Å²) in [7, 11) is 0. The molecule has 0 saturated heterocycles. The van der Waals surface area contributed by atoms with Crippen LogP contribution in [0.1, 0.15) is 23.0 Å². The van der Waals surface area contributed by atoms with E-state index in [1.54, 1.807) is 6.92 Å². The number of rotatable bonds is 1. The summed E-state index contributed by atoms with van der Waals surface area (Å²) in [5, 5.41) is 9.51. The average molecular weight is 201 g/mol. The highest BCUT2D eigenvalue weighted by Gasteiger charge is 2.16. The van der Waals surface area contributed by atoms with E-state index in [1.165, 1.54) is 12.5 Å². The minimum Gasteiger partial charge on any atom is -0.478 e. The number of aromatic amines is 1. The summed E-state index contributed by atoms with van der Waals surface area (Å²) in [4.78, 5) is 21.6. The van der Waals surface area contributed by atoms with Crippen LogP contribution in [0.2, 0.25) is 0 Å². The Kier molecular flexibility index (Phi) is 2.10. The van der Waals surface area contributed by atoms with Crippen molar-refractivity contribution < 1.29 is 9.90 Å². The van der Waals surface area contributed by atoms with Gasteiger partial charge in [0, 0.05) is 6.20 Å². The van der Waals surface area contributed by atoms with Gasteiger partial charge in [0.15, 0.2) is 0 Å². The quantitative estimate of drug-likeness (QED) is 0.675. The Morgan fingerprint density at radius 2 is 2.40 bits per heavy atom. The highest BCUT2D eigenvalue weighted by atomic mass is 16.4. The third-order valence-electron chi connectivity index (χ3n) is 1.94. The zero-order valence-corrected chi connectivity index (χ0v) is 7.90. The number of H-pyrrole nitrogens is 1. The van der Waals surface area contributed by atoms with Crippen LogP contribution in [-0.2, 0) is 0 Å². The van der Waals surface area contributed by atoms with Crippen LogP contribution >= 0.6 is 0 Å². The van der Waals surface area contributed by atoms with Crippen LogP contribution < -0.4 is 0 Å². The molecule has 0 aliphatic heterocycles. The van der Waals surface area contributed by atoms with Gasteiger partial charge >= 0.3 is 5.97 Å². The van der Waals surface area contributed by atoms with E-state index in [1.807, 2.05) is 0 Å². The Balaban J connectivity index is 2.84. The Morgan fingerprint density at radius 1 is 1.60 bits per heavy atom. The van der Waals surface area contributed by atoms with Crippen molar-refractivity contribution in [3.8, 4) is 11.8 Å². The maximum absolute atomic E-state index is 11.0. The molecule has 74 valence electrons. The molecule has 2 N–H and O–H groups in total. The van der Waals surface area contributed by atoms with E-state index >= 15 is 0 Å². The summed E-state index contributed by atoms with van der Waals surface area (Å²) in [6, 6.07) is 0. The van der Waals surface area contributed by atoms with Crippen LogP contribution in [0.25, 0.3) is 11.0 Å². The number of carboxylic acid groups (broad SMARTS) is 1. The SMILES string of the molecule is CC#Cc1[nH]c2ncncc2c1C(=O)O.